The minimum Gasteiger partial charge on any atom is -0.493 e. The zero-order chi connectivity index (χ0) is 19.4. The third-order valence-electron chi connectivity index (χ3n) is 3.54. The molecule has 10 nitrogen and oxygen atoms in total. The fraction of sp³-hybridized carbons (Fsp3) is 0.375. The van der Waals surface area contributed by atoms with E-state index in [4.69, 9.17) is 18.7 Å². The van der Waals surface area contributed by atoms with Crippen molar-refractivity contribution in [3.8, 4) is 17.2 Å². The number of carbonyl (C=O) groups excluding carboxylic acids is 1. The van der Waals surface area contributed by atoms with Crippen molar-refractivity contribution in [2.45, 2.75) is 19.8 Å². The highest BCUT2D eigenvalue weighted by Crippen LogP contribution is 2.40. The van der Waals surface area contributed by atoms with Crippen molar-refractivity contribution in [3.63, 3.8) is 0 Å². The van der Waals surface area contributed by atoms with Gasteiger partial charge < -0.3 is 24.1 Å². The number of nitrogens with zero attached hydrogens (tertiary/aromatic N) is 2. The fourth-order valence-electron chi connectivity index (χ4n) is 2.35. The van der Waals surface area contributed by atoms with E-state index in [9.17, 15) is 14.9 Å². The highest BCUT2D eigenvalue weighted by Gasteiger charge is 2.33. The van der Waals surface area contributed by atoms with Crippen molar-refractivity contribution in [1.29, 1.82) is 0 Å². The Hall–Kier alpha value is -3.30. The van der Waals surface area contributed by atoms with Crippen molar-refractivity contribution in [3.05, 3.63) is 33.7 Å². The molecule has 0 aliphatic carbocycles. The summed E-state index contributed by atoms with van der Waals surface area (Å²) in [6.45, 7) is 3.41. The van der Waals surface area contributed by atoms with Gasteiger partial charge in [-0.1, -0.05) is 19.0 Å². The molecule has 1 aromatic heterocycles. The van der Waals surface area contributed by atoms with E-state index < -0.39 is 22.2 Å². The summed E-state index contributed by atoms with van der Waals surface area (Å²) in [6, 6.07) is 2.99. The van der Waals surface area contributed by atoms with Gasteiger partial charge in [0.25, 0.3) is 5.91 Å². The molecule has 0 bridgehead atoms. The lowest BCUT2D eigenvalue weighted by atomic mass is 10.1. The summed E-state index contributed by atoms with van der Waals surface area (Å²) < 4.78 is 20.6. The number of aromatic nitrogens is 1. The third kappa shape index (κ3) is 3.53. The molecule has 0 spiro atoms. The minimum absolute atomic E-state index is 0.0324. The van der Waals surface area contributed by atoms with E-state index in [2.05, 4.69) is 10.5 Å². The van der Waals surface area contributed by atoms with Gasteiger partial charge in [-0.05, 0) is 0 Å². The number of hydrogen-bond acceptors (Lipinski definition) is 8. The van der Waals surface area contributed by atoms with Crippen LogP contribution in [0.15, 0.2) is 16.7 Å². The molecule has 0 saturated carbocycles. The number of anilines is 1. The van der Waals surface area contributed by atoms with Crippen LogP contribution in [-0.4, -0.2) is 37.3 Å². The van der Waals surface area contributed by atoms with E-state index in [1.54, 1.807) is 13.8 Å². The average Bonchev–Trinajstić information content (AvgIpc) is 3.06. The Balaban J connectivity index is 2.41. The first kappa shape index (κ1) is 19.0. The normalized spacial score (nSPS) is 10.5. The quantitative estimate of drug-likeness (QED) is 0.586. The highest BCUT2D eigenvalue weighted by molar-refractivity contribution is 6.06. The summed E-state index contributed by atoms with van der Waals surface area (Å²) in [4.78, 5) is 23.1. The van der Waals surface area contributed by atoms with E-state index in [-0.39, 0.29) is 17.4 Å². The number of ether oxygens (including phenoxy) is 3. The van der Waals surface area contributed by atoms with Gasteiger partial charge in [0.1, 0.15) is 0 Å². The van der Waals surface area contributed by atoms with E-state index in [1.165, 1.54) is 33.5 Å². The Kier molecular flexibility index (Phi) is 5.65. The summed E-state index contributed by atoms with van der Waals surface area (Å²) >= 11 is 0. The van der Waals surface area contributed by atoms with Crippen molar-refractivity contribution >= 4 is 17.3 Å². The number of nitrogens with one attached hydrogen (secondary N) is 1. The molecule has 0 radical (unpaired) electrons. The molecule has 0 saturated heterocycles. The number of carbonyl (C=O) groups is 1. The SMILES string of the molecule is COc1cc(NC(=O)c2noc(C(C)C)c2[N+](=O)[O-])cc(OC)c1OC. The van der Waals surface area contributed by atoms with Gasteiger partial charge in [-0.3, -0.25) is 14.9 Å². The van der Waals surface area contributed by atoms with E-state index in [0.717, 1.165) is 0 Å². The zero-order valence-electron chi connectivity index (χ0n) is 15.0. The standard InChI is InChI=1S/C16H19N3O7/c1-8(2)14-13(19(21)22)12(18-26-14)16(20)17-9-6-10(23-3)15(25-5)11(7-9)24-4/h6-8H,1-5H3,(H,17,20). The molecule has 2 rings (SSSR count). The van der Waals surface area contributed by atoms with Crippen LogP contribution in [0.5, 0.6) is 17.2 Å². The zero-order valence-corrected chi connectivity index (χ0v) is 15.0. The maximum absolute atomic E-state index is 12.5. The monoisotopic (exact) mass is 365 g/mol. The molecule has 2 aromatic rings. The molecule has 1 aromatic carbocycles. The van der Waals surface area contributed by atoms with Gasteiger partial charge in [0.2, 0.25) is 17.2 Å². The predicted octanol–water partition coefficient (Wildman–Crippen LogP) is 2.98. The number of nitro groups is 1. The maximum Gasteiger partial charge on any atom is 0.344 e. The second-order valence-corrected chi connectivity index (χ2v) is 5.52. The van der Waals surface area contributed by atoms with Gasteiger partial charge in [-0.25, -0.2) is 0 Å². The van der Waals surface area contributed by atoms with Crippen LogP contribution in [0.3, 0.4) is 0 Å². The minimum atomic E-state index is -0.790. The lowest BCUT2D eigenvalue weighted by Gasteiger charge is -2.14. The first-order valence-electron chi connectivity index (χ1n) is 7.59. The Labute approximate surface area is 149 Å². The maximum atomic E-state index is 12.5. The summed E-state index contributed by atoms with van der Waals surface area (Å²) in [5.41, 5.74) is -0.578. The molecule has 1 heterocycles. The van der Waals surface area contributed by atoms with Gasteiger partial charge in [0.15, 0.2) is 11.5 Å². The van der Waals surface area contributed by atoms with Crippen LogP contribution in [0.2, 0.25) is 0 Å². The first-order chi connectivity index (χ1) is 12.3. The molecular weight excluding hydrogens is 346 g/mol. The van der Waals surface area contributed by atoms with Crippen LogP contribution in [-0.2, 0) is 0 Å². The third-order valence-corrected chi connectivity index (χ3v) is 3.54. The number of rotatable bonds is 7. The number of amides is 1. The molecule has 0 fully saturated rings. The largest absolute Gasteiger partial charge is 0.493 e. The first-order valence-corrected chi connectivity index (χ1v) is 7.59. The topological polar surface area (TPSA) is 126 Å². The molecule has 0 unspecified atom stereocenters. The molecule has 26 heavy (non-hydrogen) atoms. The van der Waals surface area contributed by atoms with E-state index >= 15 is 0 Å². The van der Waals surface area contributed by atoms with Crippen molar-refractivity contribution in [1.82, 2.24) is 5.16 Å². The van der Waals surface area contributed by atoms with Gasteiger partial charge >= 0.3 is 5.69 Å². The molecular formula is C16H19N3O7. The molecule has 0 aliphatic heterocycles. The van der Waals surface area contributed by atoms with Crippen molar-refractivity contribution in [2.75, 3.05) is 26.6 Å². The second kappa shape index (κ2) is 7.72. The van der Waals surface area contributed by atoms with Crippen LogP contribution in [0.4, 0.5) is 11.4 Å². The van der Waals surface area contributed by atoms with E-state index in [0.29, 0.717) is 17.2 Å². The smallest absolute Gasteiger partial charge is 0.344 e. The molecule has 140 valence electrons. The van der Waals surface area contributed by atoms with Crippen LogP contribution < -0.4 is 19.5 Å². The van der Waals surface area contributed by atoms with Crippen LogP contribution in [0, 0.1) is 10.1 Å². The van der Waals surface area contributed by atoms with Crippen LogP contribution in [0.25, 0.3) is 0 Å². The van der Waals surface area contributed by atoms with E-state index in [1.807, 2.05) is 0 Å². The average molecular weight is 365 g/mol. The Morgan fingerprint density at radius 3 is 2.19 bits per heavy atom. The molecule has 0 atom stereocenters. The summed E-state index contributed by atoms with van der Waals surface area (Å²) in [6.07, 6.45) is 0. The second-order valence-electron chi connectivity index (χ2n) is 5.52. The number of methoxy groups -OCH3 is 3. The molecule has 10 heteroatoms. The van der Waals surface area contributed by atoms with Crippen molar-refractivity contribution in [2.24, 2.45) is 0 Å². The Morgan fingerprint density at radius 2 is 1.77 bits per heavy atom. The van der Waals surface area contributed by atoms with Gasteiger partial charge in [0.05, 0.1) is 26.3 Å². The van der Waals surface area contributed by atoms with Gasteiger partial charge in [-0.2, -0.15) is 0 Å². The summed E-state index contributed by atoms with van der Waals surface area (Å²) in [7, 11) is 4.31. The Bertz CT molecular complexity index is 804. The lowest BCUT2D eigenvalue weighted by Crippen LogP contribution is -2.14. The summed E-state index contributed by atoms with van der Waals surface area (Å²) in [5.74, 6) is -0.0702. The van der Waals surface area contributed by atoms with Gasteiger partial charge in [0, 0.05) is 23.7 Å². The lowest BCUT2D eigenvalue weighted by molar-refractivity contribution is -0.386. The number of hydrogen-bond donors (Lipinski definition) is 1. The highest BCUT2D eigenvalue weighted by atomic mass is 16.6. The predicted molar refractivity (Wildman–Crippen MR) is 91.3 cm³/mol. The Morgan fingerprint density at radius 1 is 1.19 bits per heavy atom. The van der Waals surface area contributed by atoms with Gasteiger partial charge in [-0.15, -0.1) is 0 Å². The van der Waals surface area contributed by atoms with Crippen LogP contribution in [0.1, 0.15) is 36.0 Å². The van der Waals surface area contributed by atoms with Crippen LogP contribution >= 0.6 is 0 Å². The fourth-order valence-corrected chi connectivity index (χ4v) is 2.35. The number of benzene rings is 1. The van der Waals surface area contributed by atoms with Crippen molar-refractivity contribution < 1.29 is 28.5 Å². The summed E-state index contributed by atoms with van der Waals surface area (Å²) in [5, 5.41) is 17.4. The molecule has 1 amide bonds. The molecule has 0 aliphatic rings. The molecule has 1 N–H and O–H groups in total.